The van der Waals surface area contributed by atoms with Crippen LogP contribution in [0.4, 0.5) is 14.5 Å². The van der Waals surface area contributed by atoms with Crippen LogP contribution in [0.15, 0.2) is 18.2 Å². The summed E-state index contributed by atoms with van der Waals surface area (Å²) in [6, 6.07) is 2.06. The predicted octanol–water partition coefficient (Wildman–Crippen LogP) is 1.55. The van der Waals surface area contributed by atoms with Crippen LogP contribution in [-0.2, 0) is 0 Å². The molecule has 1 aromatic carbocycles. The zero-order valence-electron chi connectivity index (χ0n) is 6.80. The van der Waals surface area contributed by atoms with Crippen molar-refractivity contribution in [1.29, 1.82) is 0 Å². The molecule has 2 nitrogen and oxygen atoms in total. The molecule has 0 fully saturated rings. The molecule has 70 valence electrons. The average Bonchev–Trinajstić information content (AvgIpc) is 2.02. The molecule has 0 atom stereocenters. The molecule has 0 unspecified atom stereocenters. The van der Waals surface area contributed by atoms with Crippen LogP contribution in [0.5, 0.6) is 0 Å². The maximum atomic E-state index is 13.0. The summed E-state index contributed by atoms with van der Waals surface area (Å²) in [7, 11) is 0. The van der Waals surface area contributed by atoms with Gasteiger partial charge in [0.2, 0.25) is 0 Å². The highest BCUT2D eigenvalue weighted by Crippen LogP contribution is 2.17. The van der Waals surface area contributed by atoms with E-state index in [1.807, 2.05) is 0 Å². The van der Waals surface area contributed by atoms with Crippen LogP contribution in [0.3, 0.4) is 0 Å². The second kappa shape index (κ2) is 4.00. The Morgan fingerprint density at radius 1 is 1.31 bits per heavy atom. The largest absolute Gasteiger partial charge is 0.399 e. The third kappa shape index (κ3) is 2.26. The third-order valence-electron chi connectivity index (χ3n) is 1.49. The Labute approximate surface area is 74.3 Å². The lowest BCUT2D eigenvalue weighted by Crippen LogP contribution is -1.93. The van der Waals surface area contributed by atoms with Crippen molar-refractivity contribution in [2.75, 3.05) is 12.3 Å². The normalized spacial score (nSPS) is 11.0. The first kappa shape index (κ1) is 9.67. The minimum atomic E-state index is -0.734. The highest BCUT2D eigenvalue weighted by Gasteiger charge is 2.06. The molecule has 0 saturated carbocycles. The Hall–Kier alpha value is -1.42. The standard InChI is InChI=1S/C9H9F2NO/c10-8-4-6(12)5-9(11)7(8)2-1-3-13/h1-2,4-5,13H,3,12H2. The van der Waals surface area contributed by atoms with E-state index in [0.29, 0.717) is 0 Å². The number of aliphatic hydroxyl groups excluding tert-OH is 1. The number of anilines is 1. The summed E-state index contributed by atoms with van der Waals surface area (Å²) in [5, 5.41) is 8.41. The van der Waals surface area contributed by atoms with E-state index in [2.05, 4.69) is 0 Å². The van der Waals surface area contributed by atoms with Crippen molar-refractivity contribution in [3.63, 3.8) is 0 Å². The highest BCUT2D eigenvalue weighted by atomic mass is 19.1. The van der Waals surface area contributed by atoms with Gasteiger partial charge in [-0.1, -0.05) is 12.2 Å². The molecule has 0 aromatic heterocycles. The van der Waals surface area contributed by atoms with Gasteiger partial charge < -0.3 is 10.8 Å². The molecule has 1 rings (SSSR count). The molecule has 0 radical (unpaired) electrons. The first-order valence-corrected chi connectivity index (χ1v) is 3.67. The van der Waals surface area contributed by atoms with Gasteiger partial charge in [-0.2, -0.15) is 0 Å². The fourth-order valence-corrected chi connectivity index (χ4v) is 0.934. The van der Waals surface area contributed by atoms with Gasteiger partial charge in [0.05, 0.1) is 6.61 Å². The lowest BCUT2D eigenvalue weighted by Gasteiger charge is -2.00. The molecule has 0 amide bonds. The van der Waals surface area contributed by atoms with Crippen molar-refractivity contribution in [2.24, 2.45) is 0 Å². The molecule has 0 heterocycles. The van der Waals surface area contributed by atoms with E-state index >= 15 is 0 Å². The van der Waals surface area contributed by atoms with Crippen LogP contribution in [-0.4, -0.2) is 11.7 Å². The summed E-state index contributed by atoms with van der Waals surface area (Å²) in [6.45, 7) is -0.261. The molecule has 13 heavy (non-hydrogen) atoms. The maximum absolute atomic E-state index is 13.0. The molecule has 3 N–H and O–H groups in total. The van der Waals surface area contributed by atoms with E-state index in [0.717, 1.165) is 12.1 Å². The molecular weight excluding hydrogens is 176 g/mol. The number of rotatable bonds is 2. The number of aliphatic hydroxyl groups is 1. The van der Waals surface area contributed by atoms with Gasteiger partial charge in [-0.05, 0) is 12.1 Å². The van der Waals surface area contributed by atoms with Crippen molar-refractivity contribution >= 4 is 11.8 Å². The van der Waals surface area contributed by atoms with Crippen LogP contribution in [0.1, 0.15) is 5.56 Å². The summed E-state index contributed by atoms with van der Waals surface area (Å²) in [4.78, 5) is 0. The fraction of sp³-hybridized carbons (Fsp3) is 0.111. The number of nitrogen functional groups attached to an aromatic ring is 1. The maximum Gasteiger partial charge on any atom is 0.135 e. The van der Waals surface area contributed by atoms with Crippen LogP contribution >= 0.6 is 0 Å². The van der Waals surface area contributed by atoms with Crippen molar-refractivity contribution in [3.8, 4) is 0 Å². The van der Waals surface area contributed by atoms with Gasteiger partial charge in [-0.3, -0.25) is 0 Å². The Kier molecular flexibility index (Phi) is 2.97. The number of halogens is 2. The summed E-state index contributed by atoms with van der Waals surface area (Å²) in [5.74, 6) is -1.47. The summed E-state index contributed by atoms with van der Waals surface area (Å²) >= 11 is 0. The number of hydrogen-bond donors (Lipinski definition) is 2. The number of benzene rings is 1. The zero-order valence-corrected chi connectivity index (χ0v) is 6.80. The SMILES string of the molecule is Nc1cc(F)c(C=CCO)c(F)c1. The minimum Gasteiger partial charge on any atom is -0.399 e. The van der Waals surface area contributed by atoms with E-state index in [9.17, 15) is 8.78 Å². The van der Waals surface area contributed by atoms with Crippen LogP contribution in [0.2, 0.25) is 0 Å². The molecule has 1 aromatic rings. The zero-order chi connectivity index (χ0) is 9.84. The first-order chi connectivity index (χ1) is 6.15. The Morgan fingerprint density at radius 3 is 2.31 bits per heavy atom. The van der Waals surface area contributed by atoms with Gasteiger partial charge in [-0.15, -0.1) is 0 Å². The van der Waals surface area contributed by atoms with E-state index in [4.69, 9.17) is 10.8 Å². The summed E-state index contributed by atoms with van der Waals surface area (Å²) in [5.41, 5.74) is 5.05. The van der Waals surface area contributed by atoms with Gasteiger partial charge in [0.1, 0.15) is 11.6 Å². The number of nitrogens with two attached hydrogens (primary N) is 1. The fourth-order valence-electron chi connectivity index (χ4n) is 0.934. The predicted molar refractivity (Wildman–Crippen MR) is 46.9 cm³/mol. The lowest BCUT2D eigenvalue weighted by atomic mass is 10.1. The topological polar surface area (TPSA) is 46.2 Å². The Balaban J connectivity index is 3.13. The van der Waals surface area contributed by atoms with E-state index < -0.39 is 11.6 Å². The Bertz CT molecular complexity index is 313. The molecule has 0 saturated heterocycles. The number of hydrogen-bond acceptors (Lipinski definition) is 2. The second-order valence-electron chi connectivity index (χ2n) is 2.48. The monoisotopic (exact) mass is 185 g/mol. The molecule has 0 spiro atoms. The molecule has 0 bridgehead atoms. The van der Waals surface area contributed by atoms with Crippen molar-refractivity contribution in [3.05, 3.63) is 35.4 Å². The molecular formula is C9H9F2NO. The quantitative estimate of drug-likeness (QED) is 0.686. The molecule has 0 aliphatic heterocycles. The van der Waals surface area contributed by atoms with Gasteiger partial charge in [0.25, 0.3) is 0 Å². The lowest BCUT2D eigenvalue weighted by molar-refractivity contribution is 0.343. The second-order valence-corrected chi connectivity index (χ2v) is 2.48. The van der Waals surface area contributed by atoms with Gasteiger partial charge in [-0.25, -0.2) is 8.78 Å². The van der Waals surface area contributed by atoms with Gasteiger partial charge in [0.15, 0.2) is 0 Å². The molecule has 0 aliphatic rings. The summed E-state index contributed by atoms with van der Waals surface area (Å²) < 4.78 is 26.0. The minimum absolute atomic E-state index is 0.0381. The highest BCUT2D eigenvalue weighted by molar-refractivity contribution is 5.55. The molecule has 4 heteroatoms. The van der Waals surface area contributed by atoms with E-state index in [1.54, 1.807) is 0 Å². The van der Waals surface area contributed by atoms with E-state index in [-0.39, 0.29) is 17.9 Å². The Morgan fingerprint density at radius 2 is 1.85 bits per heavy atom. The van der Waals surface area contributed by atoms with E-state index in [1.165, 1.54) is 12.2 Å². The average molecular weight is 185 g/mol. The van der Waals surface area contributed by atoms with Crippen molar-refractivity contribution < 1.29 is 13.9 Å². The van der Waals surface area contributed by atoms with Gasteiger partial charge >= 0.3 is 0 Å². The van der Waals surface area contributed by atoms with Crippen LogP contribution in [0, 0.1) is 11.6 Å². The molecule has 0 aliphatic carbocycles. The van der Waals surface area contributed by atoms with Crippen molar-refractivity contribution in [1.82, 2.24) is 0 Å². The third-order valence-corrected chi connectivity index (χ3v) is 1.49. The summed E-state index contributed by atoms with van der Waals surface area (Å²) in [6.07, 6.45) is 2.42. The smallest absolute Gasteiger partial charge is 0.135 e. The first-order valence-electron chi connectivity index (χ1n) is 3.67. The van der Waals surface area contributed by atoms with Crippen LogP contribution < -0.4 is 5.73 Å². The van der Waals surface area contributed by atoms with Gasteiger partial charge in [0, 0.05) is 11.3 Å². The van der Waals surface area contributed by atoms with Crippen molar-refractivity contribution in [2.45, 2.75) is 0 Å². The van der Waals surface area contributed by atoms with Crippen LogP contribution in [0.25, 0.3) is 6.08 Å².